The van der Waals surface area contributed by atoms with Crippen molar-refractivity contribution in [2.24, 2.45) is 5.16 Å². The van der Waals surface area contributed by atoms with Gasteiger partial charge in [0.05, 0.1) is 5.02 Å². The summed E-state index contributed by atoms with van der Waals surface area (Å²) in [5.41, 5.74) is 1.44. The van der Waals surface area contributed by atoms with E-state index in [1.54, 1.807) is 24.3 Å². The van der Waals surface area contributed by atoms with Gasteiger partial charge in [-0.2, -0.15) is 0 Å². The number of rotatable bonds is 3. The van der Waals surface area contributed by atoms with Crippen LogP contribution in [0.1, 0.15) is 12.5 Å². The number of benzene rings is 1. The summed E-state index contributed by atoms with van der Waals surface area (Å²) in [5, 5.41) is 5.10. The van der Waals surface area contributed by atoms with E-state index in [1.807, 2.05) is 13.0 Å². The number of halogens is 2. The molecule has 1 atom stereocenters. The van der Waals surface area contributed by atoms with E-state index in [2.05, 4.69) is 5.16 Å². The lowest BCUT2D eigenvalue weighted by atomic mass is 10.1. The molecule has 0 aromatic heterocycles. The molecule has 1 aromatic carbocycles. The summed E-state index contributed by atoms with van der Waals surface area (Å²) >= 11 is 11.9. The molecule has 1 heterocycles. The van der Waals surface area contributed by atoms with Gasteiger partial charge in [-0.05, 0) is 37.3 Å². The van der Waals surface area contributed by atoms with Crippen molar-refractivity contribution in [1.82, 2.24) is 0 Å². The second-order valence-electron chi connectivity index (χ2n) is 3.39. The highest BCUT2D eigenvalue weighted by molar-refractivity contribution is 6.37. The molecule has 0 spiro atoms. The number of hydrogen-bond acceptors (Lipinski definition) is 3. The van der Waals surface area contributed by atoms with Crippen LogP contribution in [0.2, 0.25) is 10.0 Å². The van der Waals surface area contributed by atoms with Crippen LogP contribution >= 0.6 is 23.2 Å². The molecule has 1 unspecified atom stereocenters. The summed E-state index contributed by atoms with van der Waals surface area (Å²) in [7, 11) is 0. The maximum absolute atomic E-state index is 6.07. The van der Waals surface area contributed by atoms with Crippen molar-refractivity contribution >= 4 is 28.9 Å². The van der Waals surface area contributed by atoms with Crippen LogP contribution in [0, 0.1) is 0 Å². The first-order valence-electron chi connectivity index (χ1n) is 5.19. The van der Waals surface area contributed by atoms with Gasteiger partial charge < -0.3 is 9.57 Å². The normalized spacial score (nSPS) is 18.8. The Bertz CT molecular complexity index is 472. The first-order valence-corrected chi connectivity index (χ1v) is 5.95. The van der Waals surface area contributed by atoms with Crippen LogP contribution in [0.5, 0.6) is 0 Å². The van der Waals surface area contributed by atoms with Gasteiger partial charge in [0.15, 0.2) is 0 Å². The number of oxime groups is 1. The predicted molar refractivity (Wildman–Crippen MR) is 68.6 cm³/mol. The van der Waals surface area contributed by atoms with Crippen LogP contribution in [0.3, 0.4) is 0 Å². The van der Waals surface area contributed by atoms with Crippen LogP contribution in [-0.2, 0) is 9.57 Å². The monoisotopic (exact) mass is 271 g/mol. The number of nitrogens with zero attached hydrogens (tertiary/aromatic N) is 1. The minimum absolute atomic E-state index is 0.421. The predicted octanol–water partition coefficient (Wildman–Crippen LogP) is 3.65. The third-order valence-electron chi connectivity index (χ3n) is 2.20. The van der Waals surface area contributed by atoms with Crippen LogP contribution in [0.4, 0.5) is 0 Å². The smallest absolute Gasteiger partial charge is 0.246 e. The topological polar surface area (TPSA) is 30.8 Å². The molecule has 0 aliphatic carbocycles. The second-order valence-corrected chi connectivity index (χ2v) is 4.23. The van der Waals surface area contributed by atoms with Crippen LogP contribution < -0.4 is 0 Å². The molecule has 90 valence electrons. The average molecular weight is 272 g/mol. The Balaban J connectivity index is 2.17. The molecule has 5 heteroatoms. The molecule has 1 aliphatic heterocycles. The van der Waals surface area contributed by atoms with E-state index in [9.17, 15) is 0 Å². The number of ether oxygens (including phenoxy) is 1. The molecule has 0 saturated carbocycles. The summed E-state index contributed by atoms with van der Waals surface area (Å²) in [6.45, 7) is 2.47. The molecule has 3 nitrogen and oxygen atoms in total. The highest BCUT2D eigenvalue weighted by atomic mass is 35.5. The standard InChI is InChI=1S/C12H11Cl2NO2/c1-2-16-12-6-5-11(15-17-12)9-4-3-8(13)7-10(9)14/h3-7,12H,2H2,1H3. The molecule has 0 fully saturated rings. The van der Waals surface area contributed by atoms with Crippen molar-refractivity contribution in [1.29, 1.82) is 0 Å². The summed E-state index contributed by atoms with van der Waals surface area (Å²) in [6, 6.07) is 5.23. The first kappa shape index (κ1) is 12.4. The molecular formula is C12H11Cl2NO2. The molecule has 2 rings (SSSR count). The lowest BCUT2D eigenvalue weighted by molar-refractivity contribution is -0.108. The largest absolute Gasteiger partial charge is 0.359 e. The van der Waals surface area contributed by atoms with Gasteiger partial charge in [-0.3, -0.25) is 0 Å². The van der Waals surface area contributed by atoms with E-state index < -0.39 is 6.29 Å². The van der Waals surface area contributed by atoms with Gasteiger partial charge >= 0.3 is 0 Å². The maximum atomic E-state index is 6.07. The van der Waals surface area contributed by atoms with E-state index in [0.29, 0.717) is 22.4 Å². The third kappa shape index (κ3) is 3.00. The van der Waals surface area contributed by atoms with Gasteiger partial charge in [0.2, 0.25) is 6.29 Å². The Morgan fingerprint density at radius 3 is 2.82 bits per heavy atom. The van der Waals surface area contributed by atoms with Gasteiger partial charge in [-0.25, -0.2) is 0 Å². The van der Waals surface area contributed by atoms with Crippen molar-refractivity contribution in [3.63, 3.8) is 0 Å². The van der Waals surface area contributed by atoms with E-state index in [4.69, 9.17) is 32.8 Å². The van der Waals surface area contributed by atoms with Gasteiger partial charge in [-0.15, -0.1) is 0 Å². The lowest BCUT2D eigenvalue weighted by Crippen LogP contribution is -2.17. The van der Waals surface area contributed by atoms with Crippen LogP contribution in [0.25, 0.3) is 0 Å². The van der Waals surface area contributed by atoms with Gasteiger partial charge in [0.1, 0.15) is 5.71 Å². The number of allylic oxidation sites excluding steroid dienone is 1. The van der Waals surface area contributed by atoms with Gasteiger partial charge in [-0.1, -0.05) is 28.4 Å². The Labute approximate surface area is 110 Å². The molecule has 0 amide bonds. The average Bonchev–Trinajstić information content (AvgIpc) is 2.31. The zero-order valence-electron chi connectivity index (χ0n) is 9.19. The van der Waals surface area contributed by atoms with Gasteiger partial charge in [0, 0.05) is 17.2 Å². The summed E-state index contributed by atoms with van der Waals surface area (Å²) in [5.74, 6) is 0. The highest BCUT2D eigenvalue weighted by Gasteiger charge is 2.14. The van der Waals surface area contributed by atoms with Crippen molar-refractivity contribution in [3.8, 4) is 0 Å². The Morgan fingerprint density at radius 1 is 1.41 bits per heavy atom. The fraction of sp³-hybridized carbons (Fsp3) is 0.250. The summed E-state index contributed by atoms with van der Waals surface area (Å²) in [6.07, 6.45) is 3.19. The molecule has 0 radical (unpaired) electrons. The van der Waals surface area contributed by atoms with Crippen molar-refractivity contribution in [3.05, 3.63) is 46.0 Å². The Hall–Kier alpha value is -1.03. The van der Waals surface area contributed by atoms with Gasteiger partial charge in [0.25, 0.3) is 0 Å². The number of hydrogen-bond donors (Lipinski definition) is 0. The first-order chi connectivity index (χ1) is 8.20. The Morgan fingerprint density at radius 2 is 2.24 bits per heavy atom. The zero-order chi connectivity index (χ0) is 12.3. The molecule has 0 saturated heterocycles. The maximum Gasteiger partial charge on any atom is 0.246 e. The van der Waals surface area contributed by atoms with E-state index in [0.717, 1.165) is 5.56 Å². The second kappa shape index (κ2) is 5.54. The van der Waals surface area contributed by atoms with E-state index >= 15 is 0 Å². The fourth-order valence-electron chi connectivity index (χ4n) is 1.43. The highest BCUT2D eigenvalue weighted by Crippen LogP contribution is 2.23. The van der Waals surface area contributed by atoms with E-state index in [1.165, 1.54) is 0 Å². The SMILES string of the molecule is CCOC1C=CC(c2ccc(Cl)cc2Cl)=NO1. The zero-order valence-corrected chi connectivity index (χ0v) is 10.7. The molecular weight excluding hydrogens is 261 g/mol. The molecule has 0 bridgehead atoms. The summed E-state index contributed by atoms with van der Waals surface area (Å²) in [4.78, 5) is 5.16. The third-order valence-corrected chi connectivity index (χ3v) is 2.75. The van der Waals surface area contributed by atoms with E-state index in [-0.39, 0.29) is 0 Å². The molecule has 17 heavy (non-hydrogen) atoms. The Kier molecular flexibility index (Phi) is 4.05. The lowest BCUT2D eigenvalue weighted by Gasteiger charge is -2.16. The summed E-state index contributed by atoms with van der Waals surface area (Å²) < 4.78 is 5.25. The van der Waals surface area contributed by atoms with Crippen LogP contribution in [0.15, 0.2) is 35.5 Å². The minimum atomic E-state index is -0.421. The quantitative estimate of drug-likeness (QED) is 0.840. The van der Waals surface area contributed by atoms with Crippen molar-refractivity contribution < 1.29 is 9.57 Å². The van der Waals surface area contributed by atoms with Crippen molar-refractivity contribution in [2.75, 3.05) is 6.61 Å². The molecule has 1 aliphatic rings. The fourth-order valence-corrected chi connectivity index (χ4v) is 1.94. The molecule has 1 aromatic rings. The molecule has 0 N–H and O–H groups in total. The van der Waals surface area contributed by atoms with Crippen LogP contribution in [-0.4, -0.2) is 18.6 Å². The minimum Gasteiger partial charge on any atom is -0.359 e. The van der Waals surface area contributed by atoms with Crippen molar-refractivity contribution in [2.45, 2.75) is 13.2 Å².